The number of aromatic nitrogens is 3. The Morgan fingerprint density at radius 3 is 3.00 bits per heavy atom. The first-order valence-electron chi connectivity index (χ1n) is 5.57. The van der Waals surface area contributed by atoms with Gasteiger partial charge in [-0.1, -0.05) is 17.3 Å². The van der Waals surface area contributed by atoms with E-state index in [1.807, 2.05) is 6.07 Å². The lowest BCUT2D eigenvalue weighted by Gasteiger charge is -2.02. The second-order valence-electron chi connectivity index (χ2n) is 3.95. The average Bonchev–Trinajstić information content (AvgIpc) is 2.77. The number of rotatable bonds is 5. The van der Waals surface area contributed by atoms with Crippen LogP contribution in [0.4, 0.5) is 0 Å². The van der Waals surface area contributed by atoms with Crippen LogP contribution >= 0.6 is 0 Å². The molecule has 0 saturated heterocycles. The summed E-state index contributed by atoms with van der Waals surface area (Å²) in [4.78, 5) is 11.1. The summed E-state index contributed by atoms with van der Waals surface area (Å²) in [5.41, 5.74) is 7.36. The molecule has 6 nitrogen and oxygen atoms in total. The van der Waals surface area contributed by atoms with E-state index in [-0.39, 0.29) is 6.61 Å². The van der Waals surface area contributed by atoms with Crippen molar-refractivity contribution in [2.75, 3.05) is 6.61 Å². The lowest BCUT2D eigenvalue weighted by atomic mass is 10.1. The molecule has 3 N–H and O–H groups in total. The van der Waals surface area contributed by atoms with Crippen molar-refractivity contribution in [1.82, 2.24) is 15.0 Å². The Hall–Kier alpha value is -2.21. The number of aliphatic hydroxyl groups is 1. The van der Waals surface area contributed by atoms with Gasteiger partial charge in [-0.2, -0.15) is 0 Å². The van der Waals surface area contributed by atoms with Gasteiger partial charge in [0.05, 0.1) is 12.2 Å². The summed E-state index contributed by atoms with van der Waals surface area (Å²) in [6.07, 6.45) is 2.26. The molecule has 2 rings (SSSR count). The molecule has 0 fully saturated rings. The van der Waals surface area contributed by atoms with Crippen molar-refractivity contribution in [3.63, 3.8) is 0 Å². The number of carbonyl (C=O) groups is 1. The maximum Gasteiger partial charge on any atom is 0.248 e. The molecule has 6 heteroatoms. The van der Waals surface area contributed by atoms with Crippen molar-refractivity contribution in [1.29, 1.82) is 0 Å². The van der Waals surface area contributed by atoms with Gasteiger partial charge in [0.15, 0.2) is 0 Å². The number of hydrogen-bond donors (Lipinski definition) is 2. The first kappa shape index (κ1) is 12.3. The van der Waals surface area contributed by atoms with Gasteiger partial charge in [-0.3, -0.25) is 4.79 Å². The van der Waals surface area contributed by atoms with Crippen LogP contribution in [-0.2, 0) is 13.0 Å². The standard InChI is InChI=1S/C12H14N4O2/c13-12(18)10-3-1-2-9(6-10)7-16-8-11(4-5-17)14-15-16/h1-3,6,8,17H,4-5,7H2,(H2,13,18). The van der Waals surface area contributed by atoms with Crippen LogP contribution in [-0.4, -0.2) is 32.6 Å². The highest BCUT2D eigenvalue weighted by molar-refractivity contribution is 5.92. The van der Waals surface area contributed by atoms with E-state index in [1.54, 1.807) is 29.1 Å². The van der Waals surface area contributed by atoms with Crippen molar-refractivity contribution >= 4 is 5.91 Å². The number of hydrogen-bond acceptors (Lipinski definition) is 4. The Morgan fingerprint density at radius 2 is 2.28 bits per heavy atom. The normalized spacial score (nSPS) is 10.5. The molecule has 94 valence electrons. The van der Waals surface area contributed by atoms with Crippen LogP contribution in [0.1, 0.15) is 21.6 Å². The highest BCUT2D eigenvalue weighted by Crippen LogP contribution is 2.07. The van der Waals surface area contributed by atoms with E-state index in [0.717, 1.165) is 11.3 Å². The Labute approximate surface area is 104 Å². The van der Waals surface area contributed by atoms with E-state index in [9.17, 15) is 4.79 Å². The van der Waals surface area contributed by atoms with Crippen LogP contribution in [0.25, 0.3) is 0 Å². The summed E-state index contributed by atoms with van der Waals surface area (Å²) in [5.74, 6) is -0.448. The molecule has 0 aliphatic carbocycles. The molecule has 0 aliphatic heterocycles. The predicted octanol–water partition coefficient (Wildman–Crippen LogP) is -0.0399. The zero-order valence-corrected chi connectivity index (χ0v) is 9.78. The summed E-state index contributed by atoms with van der Waals surface area (Å²) >= 11 is 0. The lowest BCUT2D eigenvalue weighted by Crippen LogP contribution is -2.11. The van der Waals surface area contributed by atoms with Crippen molar-refractivity contribution in [3.8, 4) is 0 Å². The molecule has 0 bridgehead atoms. The first-order chi connectivity index (χ1) is 8.69. The molecule has 0 spiro atoms. The van der Waals surface area contributed by atoms with Gasteiger partial charge in [-0.15, -0.1) is 5.10 Å². The molecule has 0 aliphatic rings. The smallest absolute Gasteiger partial charge is 0.248 e. The summed E-state index contributed by atoms with van der Waals surface area (Å²) < 4.78 is 1.66. The predicted molar refractivity (Wildman–Crippen MR) is 64.9 cm³/mol. The van der Waals surface area contributed by atoms with Crippen LogP contribution in [0, 0.1) is 0 Å². The van der Waals surface area contributed by atoms with E-state index in [2.05, 4.69) is 10.3 Å². The number of primary amides is 1. The topological polar surface area (TPSA) is 94.0 Å². The maximum atomic E-state index is 11.1. The molecule has 1 heterocycles. The van der Waals surface area contributed by atoms with Crippen LogP contribution in [0.5, 0.6) is 0 Å². The highest BCUT2D eigenvalue weighted by Gasteiger charge is 2.04. The van der Waals surface area contributed by atoms with Crippen molar-refractivity contribution in [3.05, 3.63) is 47.3 Å². The van der Waals surface area contributed by atoms with Crippen LogP contribution < -0.4 is 5.73 Å². The molecule has 1 amide bonds. The fraction of sp³-hybridized carbons (Fsp3) is 0.250. The van der Waals surface area contributed by atoms with Crippen LogP contribution in [0.3, 0.4) is 0 Å². The minimum Gasteiger partial charge on any atom is -0.396 e. The van der Waals surface area contributed by atoms with E-state index < -0.39 is 5.91 Å². The highest BCUT2D eigenvalue weighted by atomic mass is 16.3. The molecular weight excluding hydrogens is 232 g/mol. The van der Waals surface area contributed by atoms with Gasteiger partial charge >= 0.3 is 0 Å². The number of amides is 1. The maximum absolute atomic E-state index is 11.1. The Balaban J connectivity index is 2.12. The number of nitrogens with two attached hydrogens (primary N) is 1. The first-order valence-corrected chi connectivity index (χ1v) is 5.57. The van der Waals surface area contributed by atoms with Crippen LogP contribution in [0.15, 0.2) is 30.5 Å². The van der Waals surface area contributed by atoms with E-state index in [0.29, 0.717) is 18.5 Å². The van der Waals surface area contributed by atoms with Gasteiger partial charge in [0.25, 0.3) is 0 Å². The molecule has 0 unspecified atom stereocenters. The lowest BCUT2D eigenvalue weighted by molar-refractivity contribution is 0.1000. The third-order valence-corrected chi connectivity index (χ3v) is 2.51. The number of aliphatic hydroxyl groups excluding tert-OH is 1. The monoisotopic (exact) mass is 246 g/mol. The summed E-state index contributed by atoms with van der Waals surface area (Å²) in [7, 11) is 0. The number of benzene rings is 1. The largest absolute Gasteiger partial charge is 0.396 e. The van der Waals surface area contributed by atoms with Gasteiger partial charge in [0.1, 0.15) is 0 Å². The molecule has 1 aromatic heterocycles. The minimum absolute atomic E-state index is 0.0514. The van der Waals surface area contributed by atoms with Gasteiger partial charge in [-0.25, -0.2) is 4.68 Å². The minimum atomic E-state index is -0.448. The quantitative estimate of drug-likeness (QED) is 0.774. The summed E-state index contributed by atoms with van der Waals surface area (Å²) in [6, 6.07) is 7.07. The van der Waals surface area contributed by atoms with Gasteiger partial charge in [0, 0.05) is 24.8 Å². The third-order valence-electron chi connectivity index (χ3n) is 2.51. The van der Waals surface area contributed by atoms with Gasteiger partial charge in [0.2, 0.25) is 5.91 Å². The fourth-order valence-corrected chi connectivity index (χ4v) is 1.65. The fourth-order valence-electron chi connectivity index (χ4n) is 1.65. The summed E-state index contributed by atoms with van der Waals surface area (Å²) in [5, 5.41) is 16.7. The van der Waals surface area contributed by atoms with E-state index in [4.69, 9.17) is 10.8 Å². The molecular formula is C12H14N4O2. The molecule has 2 aromatic rings. The van der Waals surface area contributed by atoms with Crippen molar-refractivity contribution in [2.24, 2.45) is 5.73 Å². The van der Waals surface area contributed by atoms with Crippen LogP contribution in [0.2, 0.25) is 0 Å². The number of carbonyl (C=O) groups excluding carboxylic acids is 1. The van der Waals surface area contributed by atoms with Crippen molar-refractivity contribution in [2.45, 2.75) is 13.0 Å². The second kappa shape index (κ2) is 5.42. The van der Waals surface area contributed by atoms with Gasteiger partial charge in [-0.05, 0) is 17.7 Å². The zero-order chi connectivity index (χ0) is 13.0. The Kier molecular flexibility index (Phi) is 3.69. The SMILES string of the molecule is NC(=O)c1cccc(Cn2cc(CCO)nn2)c1. The third kappa shape index (κ3) is 2.92. The second-order valence-corrected chi connectivity index (χ2v) is 3.95. The van der Waals surface area contributed by atoms with E-state index in [1.165, 1.54) is 0 Å². The average molecular weight is 246 g/mol. The molecule has 18 heavy (non-hydrogen) atoms. The number of nitrogens with zero attached hydrogens (tertiary/aromatic N) is 3. The van der Waals surface area contributed by atoms with E-state index >= 15 is 0 Å². The molecule has 0 radical (unpaired) electrons. The zero-order valence-electron chi connectivity index (χ0n) is 9.78. The molecule has 0 atom stereocenters. The Bertz CT molecular complexity index is 551. The van der Waals surface area contributed by atoms with Crippen molar-refractivity contribution < 1.29 is 9.90 Å². The van der Waals surface area contributed by atoms with Gasteiger partial charge < -0.3 is 10.8 Å². The Morgan fingerprint density at radius 1 is 1.44 bits per heavy atom. The molecule has 0 saturated carbocycles. The molecule has 1 aromatic carbocycles. The summed E-state index contributed by atoms with van der Waals surface area (Å²) in [6.45, 7) is 0.565.